The number of para-hydroxylation sites is 1. The van der Waals surface area contributed by atoms with Gasteiger partial charge in [0.2, 0.25) is 0 Å². The van der Waals surface area contributed by atoms with E-state index < -0.39 is 0 Å². The maximum Gasteiger partial charge on any atom is 0.256 e. The minimum absolute atomic E-state index is 0.0291. The lowest BCUT2D eigenvalue weighted by molar-refractivity contribution is 0.0488. The Hall–Kier alpha value is -2.21. The number of likely N-dealkylation sites (tertiary alicyclic amines) is 1. The van der Waals surface area contributed by atoms with Gasteiger partial charge in [-0.25, -0.2) is 0 Å². The second kappa shape index (κ2) is 6.27. The SMILES string of the molecule is CC1CCC(CO)CN1C(=O)c1ccccc1-n1nccn1. The van der Waals surface area contributed by atoms with E-state index in [2.05, 4.69) is 17.1 Å². The molecule has 1 aliphatic rings. The average molecular weight is 300 g/mol. The molecule has 2 unspecified atom stereocenters. The van der Waals surface area contributed by atoms with Crippen LogP contribution >= 0.6 is 0 Å². The van der Waals surface area contributed by atoms with Crippen LogP contribution in [0, 0.1) is 5.92 Å². The molecule has 0 saturated carbocycles. The van der Waals surface area contributed by atoms with Gasteiger partial charge in [0, 0.05) is 19.2 Å². The van der Waals surface area contributed by atoms with Crippen molar-refractivity contribution >= 4 is 5.91 Å². The van der Waals surface area contributed by atoms with E-state index in [0.717, 1.165) is 12.8 Å². The summed E-state index contributed by atoms with van der Waals surface area (Å²) >= 11 is 0. The smallest absolute Gasteiger partial charge is 0.256 e. The van der Waals surface area contributed by atoms with Gasteiger partial charge in [-0.05, 0) is 37.8 Å². The molecule has 6 heteroatoms. The molecule has 0 aliphatic carbocycles. The van der Waals surface area contributed by atoms with Gasteiger partial charge >= 0.3 is 0 Å². The first-order valence-electron chi connectivity index (χ1n) is 7.58. The number of carbonyl (C=O) groups is 1. The zero-order valence-electron chi connectivity index (χ0n) is 12.6. The number of piperidine rings is 1. The number of carbonyl (C=O) groups excluding carboxylic acids is 1. The molecule has 2 aromatic rings. The lowest BCUT2D eigenvalue weighted by atomic mass is 9.93. The topological polar surface area (TPSA) is 71.2 Å². The summed E-state index contributed by atoms with van der Waals surface area (Å²) < 4.78 is 0. The van der Waals surface area contributed by atoms with Crippen molar-refractivity contribution < 1.29 is 9.90 Å². The van der Waals surface area contributed by atoms with Gasteiger partial charge in [0.05, 0.1) is 23.6 Å². The molecule has 1 aliphatic heterocycles. The van der Waals surface area contributed by atoms with Crippen LogP contribution in [-0.4, -0.2) is 50.1 Å². The van der Waals surface area contributed by atoms with E-state index in [0.29, 0.717) is 17.8 Å². The number of hydrogen-bond acceptors (Lipinski definition) is 4. The third-order valence-corrected chi connectivity index (χ3v) is 4.27. The van der Waals surface area contributed by atoms with E-state index in [-0.39, 0.29) is 24.5 Å². The van der Waals surface area contributed by atoms with Crippen molar-refractivity contribution in [2.75, 3.05) is 13.2 Å². The van der Waals surface area contributed by atoms with Crippen LogP contribution in [0.25, 0.3) is 5.69 Å². The molecule has 1 saturated heterocycles. The van der Waals surface area contributed by atoms with E-state index in [1.165, 1.54) is 4.80 Å². The number of amides is 1. The third kappa shape index (κ3) is 2.74. The lowest BCUT2D eigenvalue weighted by Crippen LogP contribution is -2.46. The van der Waals surface area contributed by atoms with Crippen LogP contribution in [0.5, 0.6) is 0 Å². The van der Waals surface area contributed by atoms with E-state index in [1.54, 1.807) is 18.5 Å². The predicted molar refractivity (Wildman–Crippen MR) is 81.7 cm³/mol. The molecule has 1 N–H and O–H groups in total. The summed E-state index contributed by atoms with van der Waals surface area (Å²) in [5.41, 5.74) is 1.26. The minimum atomic E-state index is -0.0291. The summed E-state index contributed by atoms with van der Waals surface area (Å²) in [6, 6.07) is 7.53. The number of hydrogen-bond donors (Lipinski definition) is 1. The maximum atomic E-state index is 13.0. The number of aliphatic hydroxyl groups excluding tert-OH is 1. The number of aliphatic hydroxyl groups is 1. The maximum absolute atomic E-state index is 13.0. The van der Waals surface area contributed by atoms with E-state index in [4.69, 9.17) is 0 Å². The Morgan fingerprint density at radius 1 is 1.27 bits per heavy atom. The highest BCUT2D eigenvalue weighted by Crippen LogP contribution is 2.25. The first-order valence-corrected chi connectivity index (χ1v) is 7.58. The van der Waals surface area contributed by atoms with Crippen molar-refractivity contribution in [1.29, 1.82) is 0 Å². The lowest BCUT2D eigenvalue weighted by Gasteiger charge is -2.37. The molecular weight excluding hydrogens is 280 g/mol. The van der Waals surface area contributed by atoms with Crippen molar-refractivity contribution in [3.8, 4) is 5.69 Å². The van der Waals surface area contributed by atoms with Gasteiger partial charge in [0.1, 0.15) is 0 Å². The van der Waals surface area contributed by atoms with Gasteiger partial charge in [-0.15, -0.1) is 0 Å². The van der Waals surface area contributed by atoms with Crippen LogP contribution in [0.2, 0.25) is 0 Å². The minimum Gasteiger partial charge on any atom is -0.396 e. The normalized spacial score (nSPS) is 21.8. The van der Waals surface area contributed by atoms with Crippen LogP contribution < -0.4 is 0 Å². The average Bonchev–Trinajstić information content (AvgIpc) is 3.09. The molecule has 3 rings (SSSR count). The van der Waals surface area contributed by atoms with Crippen molar-refractivity contribution in [3.05, 3.63) is 42.2 Å². The Labute approximate surface area is 129 Å². The fraction of sp³-hybridized carbons (Fsp3) is 0.438. The first kappa shape index (κ1) is 14.7. The molecule has 2 atom stereocenters. The molecule has 0 spiro atoms. The largest absolute Gasteiger partial charge is 0.396 e. The van der Waals surface area contributed by atoms with E-state index >= 15 is 0 Å². The highest BCUT2D eigenvalue weighted by atomic mass is 16.3. The van der Waals surface area contributed by atoms with Gasteiger partial charge in [-0.1, -0.05) is 12.1 Å². The van der Waals surface area contributed by atoms with Crippen molar-refractivity contribution in [2.24, 2.45) is 5.92 Å². The summed E-state index contributed by atoms with van der Waals surface area (Å²) in [7, 11) is 0. The zero-order chi connectivity index (χ0) is 15.5. The molecule has 6 nitrogen and oxygen atoms in total. The van der Waals surface area contributed by atoms with Crippen LogP contribution in [0.15, 0.2) is 36.7 Å². The summed E-state index contributed by atoms with van der Waals surface area (Å²) in [4.78, 5) is 16.3. The van der Waals surface area contributed by atoms with Gasteiger partial charge in [0.25, 0.3) is 5.91 Å². The second-order valence-corrected chi connectivity index (χ2v) is 5.77. The van der Waals surface area contributed by atoms with Crippen LogP contribution in [0.1, 0.15) is 30.1 Å². The van der Waals surface area contributed by atoms with Crippen LogP contribution in [0.4, 0.5) is 0 Å². The second-order valence-electron chi connectivity index (χ2n) is 5.77. The Bertz CT molecular complexity index is 641. The number of nitrogens with zero attached hydrogens (tertiary/aromatic N) is 4. The molecule has 116 valence electrons. The highest BCUT2D eigenvalue weighted by Gasteiger charge is 2.30. The highest BCUT2D eigenvalue weighted by molar-refractivity contribution is 5.98. The number of aromatic nitrogens is 3. The quantitative estimate of drug-likeness (QED) is 0.932. The van der Waals surface area contributed by atoms with E-state index in [9.17, 15) is 9.90 Å². The molecule has 1 amide bonds. The predicted octanol–water partition coefficient (Wildman–Crippen LogP) is 1.50. The van der Waals surface area contributed by atoms with E-state index in [1.807, 2.05) is 23.1 Å². The molecule has 1 aromatic carbocycles. The van der Waals surface area contributed by atoms with Gasteiger partial charge in [-0.3, -0.25) is 4.79 Å². The molecule has 0 bridgehead atoms. The molecule has 2 heterocycles. The fourth-order valence-electron chi connectivity index (χ4n) is 2.94. The third-order valence-electron chi connectivity index (χ3n) is 4.27. The standard InChI is InChI=1S/C16H20N4O2/c1-12-6-7-13(11-21)10-19(12)16(22)14-4-2-3-5-15(14)20-17-8-9-18-20/h2-5,8-9,12-13,21H,6-7,10-11H2,1H3. The van der Waals surface area contributed by atoms with Gasteiger partial charge < -0.3 is 10.0 Å². The van der Waals surface area contributed by atoms with Gasteiger partial charge in [-0.2, -0.15) is 15.0 Å². The van der Waals surface area contributed by atoms with Crippen molar-refractivity contribution in [2.45, 2.75) is 25.8 Å². The fourth-order valence-corrected chi connectivity index (χ4v) is 2.94. The number of rotatable bonds is 3. The molecule has 1 aromatic heterocycles. The summed E-state index contributed by atoms with van der Waals surface area (Å²) in [6.45, 7) is 2.77. The number of benzene rings is 1. The summed E-state index contributed by atoms with van der Waals surface area (Å²) in [6.07, 6.45) is 5.06. The van der Waals surface area contributed by atoms with Gasteiger partial charge in [0.15, 0.2) is 0 Å². The monoisotopic (exact) mass is 300 g/mol. The van der Waals surface area contributed by atoms with Crippen LogP contribution in [0.3, 0.4) is 0 Å². The Balaban J connectivity index is 1.92. The molecular formula is C16H20N4O2. The zero-order valence-corrected chi connectivity index (χ0v) is 12.6. The van der Waals surface area contributed by atoms with Crippen LogP contribution in [-0.2, 0) is 0 Å². The summed E-state index contributed by atoms with van der Waals surface area (Å²) in [5, 5.41) is 17.6. The molecule has 22 heavy (non-hydrogen) atoms. The Morgan fingerprint density at radius 3 is 2.73 bits per heavy atom. The Kier molecular flexibility index (Phi) is 4.20. The molecule has 1 fully saturated rings. The summed E-state index contributed by atoms with van der Waals surface area (Å²) in [5.74, 6) is 0.133. The Morgan fingerprint density at radius 2 is 2.00 bits per heavy atom. The van der Waals surface area contributed by atoms with Crippen molar-refractivity contribution in [3.63, 3.8) is 0 Å². The molecule has 0 radical (unpaired) electrons. The first-order chi connectivity index (χ1) is 10.7. The van der Waals surface area contributed by atoms with Crippen molar-refractivity contribution in [1.82, 2.24) is 19.9 Å².